The van der Waals surface area contributed by atoms with E-state index in [1.54, 1.807) is 6.08 Å². The average molecular weight is 509 g/mol. The number of rotatable bonds is 6. The van der Waals surface area contributed by atoms with Crippen molar-refractivity contribution in [1.29, 1.82) is 0 Å². The Bertz CT molecular complexity index is 1310. The van der Waals surface area contributed by atoms with Crippen LogP contribution in [-0.2, 0) is 25.5 Å². The lowest BCUT2D eigenvalue weighted by molar-refractivity contribution is -0.174. The number of ketones is 2. The van der Waals surface area contributed by atoms with E-state index in [1.807, 2.05) is 39.8 Å². The molecule has 8 heteroatoms. The number of hydrogen-bond acceptors (Lipinski definition) is 8. The van der Waals surface area contributed by atoms with E-state index < -0.39 is 40.7 Å². The first-order chi connectivity index (χ1) is 17.4. The molecule has 2 heterocycles. The van der Waals surface area contributed by atoms with Gasteiger partial charge >= 0.3 is 5.97 Å². The summed E-state index contributed by atoms with van der Waals surface area (Å²) in [5.41, 5.74) is -0.455. The van der Waals surface area contributed by atoms with Gasteiger partial charge in [0.25, 0.3) is 0 Å². The Hall–Kier alpha value is -3.39. The molecule has 37 heavy (non-hydrogen) atoms. The number of allylic oxidation sites excluding steroid dienone is 4. The highest BCUT2D eigenvalue weighted by Gasteiger charge is 2.79. The highest BCUT2D eigenvalue weighted by Crippen LogP contribution is 2.65. The molecule has 8 nitrogen and oxygen atoms in total. The van der Waals surface area contributed by atoms with E-state index in [9.17, 15) is 24.6 Å². The van der Waals surface area contributed by atoms with Crippen molar-refractivity contribution in [2.45, 2.75) is 58.7 Å². The highest BCUT2D eigenvalue weighted by molar-refractivity contribution is 6.18. The molecule has 0 amide bonds. The van der Waals surface area contributed by atoms with E-state index in [1.165, 1.54) is 13.0 Å². The van der Waals surface area contributed by atoms with Crippen LogP contribution < -0.4 is 4.74 Å². The molecule has 3 aliphatic carbocycles. The quantitative estimate of drug-likeness (QED) is 0.438. The van der Waals surface area contributed by atoms with Crippen LogP contribution in [0.4, 0.5) is 0 Å². The normalized spacial score (nSPS) is 30.6. The first-order valence-electron chi connectivity index (χ1n) is 12.6. The molecule has 4 bridgehead atoms. The Kier molecular flexibility index (Phi) is 5.86. The minimum atomic E-state index is -1.47. The lowest BCUT2D eigenvalue weighted by Gasteiger charge is -2.58. The summed E-state index contributed by atoms with van der Waals surface area (Å²) in [6.45, 7) is 9.07. The zero-order chi connectivity index (χ0) is 26.9. The van der Waals surface area contributed by atoms with E-state index in [2.05, 4.69) is 0 Å². The molecule has 0 radical (unpaired) electrons. The molecule has 1 aromatic rings. The van der Waals surface area contributed by atoms with Crippen LogP contribution in [0.1, 0.15) is 57.0 Å². The minimum absolute atomic E-state index is 0.00737. The number of aromatic hydroxyl groups is 2. The van der Waals surface area contributed by atoms with Gasteiger partial charge in [0.2, 0.25) is 0 Å². The monoisotopic (exact) mass is 508 g/mol. The van der Waals surface area contributed by atoms with Gasteiger partial charge in [0.05, 0.1) is 13.2 Å². The van der Waals surface area contributed by atoms with Crippen LogP contribution in [0.3, 0.4) is 0 Å². The summed E-state index contributed by atoms with van der Waals surface area (Å²) in [5, 5.41) is 21.9. The Morgan fingerprint density at radius 1 is 1.14 bits per heavy atom. The first kappa shape index (κ1) is 25.3. The molecular formula is C29H32O8. The second-order valence-corrected chi connectivity index (χ2v) is 10.9. The largest absolute Gasteiger partial charge is 0.507 e. The number of carbonyl (C=O) groups excluding carboxylic acids is 3. The molecule has 2 fully saturated rings. The summed E-state index contributed by atoms with van der Waals surface area (Å²) in [6, 6.07) is 1.34. The maximum absolute atomic E-state index is 14.1. The smallest absolute Gasteiger partial charge is 0.302 e. The number of hydrogen-bond donors (Lipinski definition) is 2. The minimum Gasteiger partial charge on any atom is -0.507 e. The average Bonchev–Trinajstić information content (AvgIpc) is 3.09. The lowest BCUT2D eigenvalue weighted by atomic mass is 9.49. The molecule has 196 valence electrons. The van der Waals surface area contributed by atoms with Crippen molar-refractivity contribution in [1.82, 2.24) is 0 Å². The number of Topliss-reactive ketones (excluding diaryl/α,β-unsaturated/α-hetero) is 2. The topological polar surface area (TPSA) is 119 Å². The standard InChI is InChI=1S/C29H32O8/c1-14(2)6-7-17-22(31)11-23-24(25(17)32)26(33)20-10-18-19(12-35-16(5)30)21-13-36-28(27(18)34,9-8-15(3)4)29(20,21)37-23/h6,8,10-11,18-19,21,31-32H,7,9,12-13H2,1-5H3/t18-,19+,21-,28+,29-/m1/s1. The van der Waals surface area contributed by atoms with Crippen LogP contribution in [-0.4, -0.2) is 52.2 Å². The molecule has 0 unspecified atom stereocenters. The van der Waals surface area contributed by atoms with E-state index >= 15 is 0 Å². The fraction of sp³-hybridized carbons (Fsp3) is 0.483. The summed E-state index contributed by atoms with van der Waals surface area (Å²) in [7, 11) is 0. The predicted octanol–water partition coefficient (Wildman–Crippen LogP) is 3.98. The van der Waals surface area contributed by atoms with E-state index in [-0.39, 0.29) is 65.8 Å². The molecule has 2 aliphatic heterocycles. The first-order valence-corrected chi connectivity index (χ1v) is 12.6. The van der Waals surface area contributed by atoms with Crippen LogP contribution in [0.2, 0.25) is 0 Å². The number of phenolic OH excluding ortho intramolecular Hbond substituents is 2. The number of esters is 1. The Balaban J connectivity index is 1.70. The zero-order valence-electron chi connectivity index (χ0n) is 21.7. The molecular weight excluding hydrogens is 476 g/mol. The van der Waals surface area contributed by atoms with Gasteiger partial charge in [0, 0.05) is 48.3 Å². The number of fused-ring (bicyclic) bond motifs is 1. The maximum Gasteiger partial charge on any atom is 0.302 e. The Morgan fingerprint density at radius 2 is 1.84 bits per heavy atom. The third-order valence-corrected chi connectivity index (χ3v) is 8.14. The Morgan fingerprint density at radius 3 is 2.49 bits per heavy atom. The fourth-order valence-corrected chi connectivity index (χ4v) is 6.41. The number of benzene rings is 1. The van der Waals surface area contributed by atoms with E-state index in [0.29, 0.717) is 0 Å². The van der Waals surface area contributed by atoms with Crippen LogP contribution in [0.25, 0.3) is 0 Å². The SMILES string of the molecule is CC(=O)OC[C@@H]1[C@H]2CO[C@@]3(CC=C(C)C)C(=O)[C@@H]1C=C1C(=O)c4c(cc(O)c(CC=C(C)C)c4O)O[C@]123. The van der Waals surface area contributed by atoms with Crippen molar-refractivity contribution in [3.05, 3.63) is 52.1 Å². The van der Waals surface area contributed by atoms with Crippen LogP contribution in [0.15, 0.2) is 41.0 Å². The van der Waals surface area contributed by atoms with Gasteiger partial charge in [0.15, 0.2) is 22.8 Å². The van der Waals surface area contributed by atoms with Crippen LogP contribution in [0, 0.1) is 17.8 Å². The number of ether oxygens (including phenoxy) is 3. The van der Waals surface area contributed by atoms with Gasteiger partial charge in [0.1, 0.15) is 22.8 Å². The molecule has 2 N–H and O–H groups in total. The summed E-state index contributed by atoms with van der Waals surface area (Å²) in [6.07, 6.45) is 5.81. The third-order valence-electron chi connectivity index (χ3n) is 8.14. The second-order valence-electron chi connectivity index (χ2n) is 10.9. The predicted molar refractivity (Wildman–Crippen MR) is 134 cm³/mol. The summed E-state index contributed by atoms with van der Waals surface area (Å²) < 4.78 is 18.2. The van der Waals surface area contributed by atoms with Gasteiger partial charge in [-0.2, -0.15) is 0 Å². The highest BCUT2D eigenvalue weighted by atomic mass is 16.6. The van der Waals surface area contributed by atoms with Gasteiger partial charge in [-0.05, 0) is 34.1 Å². The summed E-state index contributed by atoms with van der Waals surface area (Å²) in [5.74, 6) is -3.24. The Labute approximate surface area is 215 Å². The molecule has 5 atom stereocenters. The molecule has 0 aromatic heterocycles. The third kappa shape index (κ3) is 3.41. The zero-order valence-corrected chi connectivity index (χ0v) is 21.7. The van der Waals surface area contributed by atoms with Gasteiger partial charge in [-0.15, -0.1) is 0 Å². The summed E-state index contributed by atoms with van der Waals surface area (Å²) in [4.78, 5) is 39.7. The molecule has 6 rings (SSSR count). The van der Waals surface area contributed by atoms with Gasteiger partial charge in [-0.25, -0.2) is 0 Å². The molecule has 1 spiro atoms. The molecule has 1 saturated heterocycles. The van der Waals surface area contributed by atoms with Gasteiger partial charge in [-0.3, -0.25) is 14.4 Å². The van der Waals surface area contributed by atoms with Crippen molar-refractivity contribution in [3.8, 4) is 17.2 Å². The van der Waals surface area contributed by atoms with Crippen molar-refractivity contribution >= 4 is 17.5 Å². The molecule has 5 aliphatic rings. The van der Waals surface area contributed by atoms with Crippen molar-refractivity contribution in [2.75, 3.05) is 13.2 Å². The van der Waals surface area contributed by atoms with E-state index in [4.69, 9.17) is 14.2 Å². The fourth-order valence-electron chi connectivity index (χ4n) is 6.41. The molecule has 1 saturated carbocycles. The number of phenols is 2. The van der Waals surface area contributed by atoms with Gasteiger partial charge in [-0.1, -0.05) is 29.4 Å². The van der Waals surface area contributed by atoms with E-state index in [0.717, 1.165) is 11.1 Å². The van der Waals surface area contributed by atoms with Crippen LogP contribution in [0.5, 0.6) is 17.2 Å². The maximum atomic E-state index is 14.1. The summed E-state index contributed by atoms with van der Waals surface area (Å²) >= 11 is 0. The number of carbonyl (C=O) groups is 3. The molecule has 1 aromatic carbocycles. The van der Waals surface area contributed by atoms with Gasteiger partial charge < -0.3 is 24.4 Å². The van der Waals surface area contributed by atoms with Crippen LogP contribution >= 0.6 is 0 Å². The van der Waals surface area contributed by atoms with Crippen molar-refractivity contribution in [2.24, 2.45) is 17.8 Å². The lowest BCUT2D eigenvalue weighted by Crippen LogP contribution is -2.74. The van der Waals surface area contributed by atoms with Crippen molar-refractivity contribution < 1.29 is 38.8 Å². The second kappa shape index (κ2) is 8.58. The van der Waals surface area contributed by atoms with Crippen molar-refractivity contribution in [3.63, 3.8) is 0 Å².